The van der Waals surface area contributed by atoms with E-state index in [1.165, 1.54) is 6.20 Å². The first-order valence-electron chi connectivity index (χ1n) is 5.29. The highest BCUT2D eigenvalue weighted by Crippen LogP contribution is 2.27. The highest BCUT2D eigenvalue weighted by Gasteiger charge is 2.17. The predicted octanol–water partition coefficient (Wildman–Crippen LogP) is 0.679. The molecule has 0 radical (unpaired) electrons. The number of halogens is 1. The number of hydrogen-bond donors (Lipinski definition) is 2. The Morgan fingerprint density at radius 3 is 3.12 bits per heavy atom. The molecule has 0 saturated carbocycles. The molecule has 0 amide bonds. The van der Waals surface area contributed by atoms with E-state index < -0.39 is 0 Å². The second kappa shape index (κ2) is 3.97. The number of aromatic nitrogens is 4. The topological polar surface area (TPSA) is 81.6 Å². The van der Waals surface area contributed by atoms with Gasteiger partial charge in [0.2, 0.25) is 5.95 Å². The van der Waals surface area contributed by atoms with Crippen molar-refractivity contribution >= 4 is 17.5 Å². The molecule has 2 aromatic rings. The first-order chi connectivity index (χ1) is 8.25. The van der Waals surface area contributed by atoms with E-state index in [-0.39, 0.29) is 5.95 Å². The van der Waals surface area contributed by atoms with E-state index in [1.807, 2.05) is 0 Å². The summed E-state index contributed by atoms with van der Waals surface area (Å²) >= 11 is 6.09. The van der Waals surface area contributed by atoms with Crippen LogP contribution >= 0.6 is 11.6 Å². The van der Waals surface area contributed by atoms with Crippen LogP contribution in [0.15, 0.2) is 12.4 Å². The minimum atomic E-state index is 0.217. The Morgan fingerprint density at radius 2 is 2.24 bits per heavy atom. The summed E-state index contributed by atoms with van der Waals surface area (Å²) in [6.45, 7) is 2.53. The highest BCUT2D eigenvalue weighted by atomic mass is 35.5. The van der Waals surface area contributed by atoms with E-state index in [0.717, 1.165) is 31.2 Å². The Labute approximate surface area is 103 Å². The molecule has 88 valence electrons. The Kier molecular flexibility index (Phi) is 2.45. The number of nitrogen functional groups attached to an aromatic ring is 1. The monoisotopic (exact) mass is 250 g/mol. The van der Waals surface area contributed by atoms with Crippen LogP contribution in [-0.2, 0) is 13.1 Å². The summed E-state index contributed by atoms with van der Waals surface area (Å²) in [5, 5.41) is 3.74. The molecule has 1 aliphatic rings. The van der Waals surface area contributed by atoms with Crippen LogP contribution in [0, 0.1) is 0 Å². The van der Waals surface area contributed by atoms with Gasteiger partial charge >= 0.3 is 0 Å². The Balaban J connectivity index is 2.15. The maximum absolute atomic E-state index is 6.09. The van der Waals surface area contributed by atoms with Crippen LogP contribution in [0.25, 0.3) is 11.4 Å². The van der Waals surface area contributed by atoms with Gasteiger partial charge in [0.1, 0.15) is 11.5 Å². The molecule has 0 spiro atoms. The fraction of sp³-hybridized carbons (Fsp3) is 0.300. The van der Waals surface area contributed by atoms with Gasteiger partial charge in [-0.1, -0.05) is 11.6 Å². The van der Waals surface area contributed by atoms with Crippen LogP contribution in [0.3, 0.4) is 0 Å². The molecule has 17 heavy (non-hydrogen) atoms. The number of nitrogens with two attached hydrogens (primary N) is 1. The number of imidazole rings is 1. The van der Waals surface area contributed by atoms with E-state index in [4.69, 9.17) is 17.3 Å². The molecule has 0 bridgehead atoms. The van der Waals surface area contributed by atoms with Crippen molar-refractivity contribution in [3.05, 3.63) is 23.2 Å². The fourth-order valence-corrected chi connectivity index (χ4v) is 2.13. The van der Waals surface area contributed by atoms with Crippen LogP contribution in [-0.4, -0.2) is 26.1 Å². The summed E-state index contributed by atoms with van der Waals surface area (Å²) < 4.78 is 2.10. The van der Waals surface area contributed by atoms with Gasteiger partial charge < -0.3 is 15.6 Å². The van der Waals surface area contributed by atoms with Gasteiger partial charge in [0.25, 0.3) is 0 Å². The average molecular weight is 251 g/mol. The first-order valence-corrected chi connectivity index (χ1v) is 5.67. The summed E-state index contributed by atoms with van der Waals surface area (Å²) in [6, 6.07) is 0. The normalized spacial score (nSPS) is 14.6. The van der Waals surface area contributed by atoms with Crippen molar-refractivity contribution in [1.82, 2.24) is 24.8 Å². The Bertz CT molecular complexity index is 564. The first kappa shape index (κ1) is 10.5. The van der Waals surface area contributed by atoms with Gasteiger partial charge in [0, 0.05) is 13.1 Å². The van der Waals surface area contributed by atoms with E-state index in [9.17, 15) is 0 Å². The zero-order valence-corrected chi connectivity index (χ0v) is 9.78. The third-order valence-corrected chi connectivity index (χ3v) is 3.02. The smallest absolute Gasteiger partial charge is 0.220 e. The molecule has 0 aliphatic carbocycles. The standard InChI is InChI=1S/C10H11ClN6/c11-6-3-15-10(12)16-9(6)7-4-14-8-5-13-1-2-17(7)8/h3-4,13H,1-2,5H2,(H2,12,15,16). The number of fused-ring (bicyclic) bond motifs is 1. The van der Waals surface area contributed by atoms with Gasteiger partial charge in [-0.25, -0.2) is 15.0 Å². The molecule has 2 aromatic heterocycles. The largest absolute Gasteiger partial charge is 0.368 e. The second-order valence-electron chi connectivity index (χ2n) is 3.81. The van der Waals surface area contributed by atoms with Gasteiger partial charge in [-0.2, -0.15) is 0 Å². The van der Waals surface area contributed by atoms with Gasteiger partial charge in [0.15, 0.2) is 0 Å². The van der Waals surface area contributed by atoms with Crippen LogP contribution in [0.2, 0.25) is 5.02 Å². The summed E-state index contributed by atoms with van der Waals surface area (Å²) in [7, 11) is 0. The van der Waals surface area contributed by atoms with E-state index >= 15 is 0 Å². The lowest BCUT2D eigenvalue weighted by Crippen LogP contribution is -2.28. The number of hydrogen-bond acceptors (Lipinski definition) is 5. The second-order valence-corrected chi connectivity index (χ2v) is 4.22. The molecule has 1 aliphatic heterocycles. The van der Waals surface area contributed by atoms with Crippen LogP contribution in [0.4, 0.5) is 5.95 Å². The maximum Gasteiger partial charge on any atom is 0.220 e. The molecule has 3 heterocycles. The lowest BCUT2D eigenvalue weighted by Gasteiger charge is -2.17. The Hall–Kier alpha value is -1.66. The number of nitrogens with zero attached hydrogens (tertiary/aromatic N) is 4. The quantitative estimate of drug-likeness (QED) is 0.778. The van der Waals surface area contributed by atoms with Crippen molar-refractivity contribution in [2.45, 2.75) is 13.1 Å². The molecular formula is C10H11ClN6. The van der Waals surface area contributed by atoms with Crippen molar-refractivity contribution in [2.24, 2.45) is 0 Å². The van der Waals surface area contributed by atoms with Crippen molar-refractivity contribution in [3.63, 3.8) is 0 Å². The number of nitrogens with one attached hydrogen (secondary N) is 1. The van der Waals surface area contributed by atoms with Crippen molar-refractivity contribution < 1.29 is 0 Å². The third kappa shape index (κ3) is 1.75. The van der Waals surface area contributed by atoms with Crippen molar-refractivity contribution in [1.29, 1.82) is 0 Å². The SMILES string of the molecule is Nc1ncc(Cl)c(-c2cnc3n2CCNC3)n1. The summed E-state index contributed by atoms with van der Waals surface area (Å²) in [6.07, 6.45) is 3.29. The van der Waals surface area contributed by atoms with Crippen molar-refractivity contribution in [2.75, 3.05) is 12.3 Å². The van der Waals surface area contributed by atoms with Crippen LogP contribution < -0.4 is 11.1 Å². The fourth-order valence-electron chi connectivity index (χ4n) is 1.95. The third-order valence-electron chi connectivity index (χ3n) is 2.74. The zero-order valence-electron chi connectivity index (χ0n) is 9.02. The van der Waals surface area contributed by atoms with E-state index in [1.54, 1.807) is 6.20 Å². The van der Waals surface area contributed by atoms with Gasteiger partial charge in [-0.05, 0) is 0 Å². The van der Waals surface area contributed by atoms with Crippen LogP contribution in [0.5, 0.6) is 0 Å². The van der Waals surface area contributed by atoms with Gasteiger partial charge in [0.05, 0.1) is 29.7 Å². The van der Waals surface area contributed by atoms with Crippen LogP contribution in [0.1, 0.15) is 5.82 Å². The number of rotatable bonds is 1. The molecule has 7 heteroatoms. The molecule has 0 unspecified atom stereocenters. The lowest BCUT2D eigenvalue weighted by molar-refractivity contribution is 0.508. The Morgan fingerprint density at radius 1 is 1.35 bits per heavy atom. The van der Waals surface area contributed by atoms with Gasteiger partial charge in [-0.15, -0.1) is 0 Å². The number of anilines is 1. The minimum Gasteiger partial charge on any atom is -0.368 e. The molecule has 3 rings (SSSR count). The highest BCUT2D eigenvalue weighted by molar-refractivity contribution is 6.32. The minimum absolute atomic E-state index is 0.217. The molecule has 0 fully saturated rings. The molecule has 0 atom stereocenters. The summed E-state index contributed by atoms with van der Waals surface area (Å²) in [5.74, 6) is 1.20. The zero-order chi connectivity index (χ0) is 11.8. The molecule has 3 N–H and O–H groups in total. The molecule has 6 nitrogen and oxygen atoms in total. The molecular weight excluding hydrogens is 240 g/mol. The lowest BCUT2D eigenvalue weighted by atomic mass is 10.3. The maximum atomic E-state index is 6.09. The van der Waals surface area contributed by atoms with E-state index in [0.29, 0.717) is 10.7 Å². The van der Waals surface area contributed by atoms with E-state index in [2.05, 4.69) is 24.8 Å². The van der Waals surface area contributed by atoms with Gasteiger partial charge in [-0.3, -0.25) is 0 Å². The molecule has 0 aromatic carbocycles. The summed E-state index contributed by atoms with van der Waals surface area (Å²) in [5.41, 5.74) is 7.11. The average Bonchev–Trinajstić information content (AvgIpc) is 2.76. The summed E-state index contributed by atoms with van der Waals surface area (Å²) in [4.78, 5) is 12.4. The predicted molar refractivity (Wildman–Crippen MR) is 64.4 cm³/mol. The molecule has 0 saturated heterocycles. The van der Waals surface area contributed by atoms with Crippen molar-refractivity contribution in [3.8, 4) is 11.4 Å².